The molecule has 0 bridgehead atoms. The standard InChI is InChI=1S/C45H50O12/c46-43-19-13-33-10-16-36(28-40(33)55-43)51-24-6-1-4-22-49-31-39(54-27-9-3-8-26-53-38-18-12-35-15-21-45(48)57-42(35)30-38)32-50-23-5-2-7-25-52-37-17-11-34-14-20-44(47)56-41(34)29-37/h10-21,28-30,39H,1-9,22-27,31-32H2. The van der Waals surface area contributed by atoms with E-state index < -0.39 is 0 Å². The molecule has 0 spiro atoms. The highest BCUT2D eigenvalue weighted by Crippen LogP contribution is 2.22. The van der Waals surface area contributed by atoms with Gasteiger partial charge in [-0.2, -0.15) is 0 Å². The first-order valence-electron chi connectivity index (χ1n) is 19.8. The third kappa shape index (κ3) is 13.9. The average molecular weight is 783 g/mol. The molecule has 0 aliphatic heterocycles. The molecule has 0 aliphatic rings. The Morgan fingerprint density at radius 3 is 1.11 bits per heavy atom. The van der Waals surface area contributed by atoms with Gasteiger partial charge in [-0.3, -0.25) is 0 Å². The number of ether oxygens (including phenoxy) is 6. The van der Waals surface area contributed by atoms with E-state index in [0.717, 1.165) is 73.9 Å². The number of unbranched alkanes of at least 4 members (excludes halogenated alkanes) is 6. The van der Waals surface area contributed by atoms with Crippen LogP contribution in [-0.2, 0) is 14.2 Å². The van der Waals surface area contributed by atoms with Crippen LogP contribution in [0.4, 0.5) is 0 Å². The van der Waals surface area contributed by atoms with E-state index in [-0.39, 0.29) is 23.0 Å². The molecule has 3 aromatic carbocycles. The van der Waals surface area contributed by atoms with E-state index >= 15 is 0 Å². The van der Waals surface area contributed by atoms with Crippen LogP contribution in [0.3, 0.4) is 0 Å². The molecule has 0 saturated heterocycles. The maximum atomic E-state index is 11.5. The van der Waals surface area contributed by atoms with Gasteiger partial charge in [0.1, 0.15) is 40.1 Å². The number of hydrogen-bond acceptors (Lipinski definition) is 12. The maximum Gasteiger partial charge on any atom is 0.336 e. The van der Waals surface area contributed by atoms with E-state index in [2.05, 4.69) is 0 Å². The van der Waals surface area contributed by atoms with Crippen LogP contribution in [0.25, 0.3) is 32.9 Å². The SMILES string of the molecule is O=c1ccc2ccc(OCCCCCOCC(COCCCCCOc3ccc4ccc(=O)oc4c3)OCCCCCOc3ccc4ccc(=O)oc4c3)cc2o1. The van der Waals surface area contributed by atoms with Crippen LogP contribution in [0.1, 0.15) is 57.8 Å². The van der Waals surface area contributed by atoms with Gasteiger partial charge < -0.3 is 41.7 Å². The molecule has 0 N–H and O–H groups in total. The summed E-state index contributed by atoms with van der Waals surface area (Å²) < 4.78 is 51.6. The second-order valence-corrected chi connectivity index (χ2v) is 13.7. The Morgan fingerprint density at radius 2 is 0.719 bits per heavy atom. The van der Waals surface area contributed by atoms with E-state index in [1.54, 1.807) is 36.4 Å². The summed E-state index contributed by atoms with van der Waals surface area (Å²) >= 11 is 0. The van der Waals surface area contributed by atoms with E-state index in [1.165, 1.54) is 18.2 Å². The lowest BCUT2D eigenvalue weighted by atomic mass is 10.2. The largest absolute Gasteiger partial charge is 0.493 e. The predicted molar refractivity (Wildman–Crippen MR) is 217 cm³/mol. The van der Waals surface area contributed by atoms with E-state index in [9.17, 15) is 14.4 Å². The van der Waals surface area contributed by atoms with Crippen LogP contribution in [0.2, 0.25) is 0 Å². The summed E-state index contributed by atoms with van der Waals surface area (Å²) in [6, 6.07) is 25.9. The molecule has 302 valence electrons. The summed E-state index contributed by atoms with van der Waals surface area (Å²) in [5.74, 6) is 2.02. The fourth-order valence-corrected chi connectivity index (χ4v) is 6.13. The van der Waals surface area contributed by atoms with Gasteiger partial charge in [-0.05, 0) is 112 Å². The van der Waals surface area contributed by atoms with Gasteiger partial charge in [-0.15, -0.1) is 0 Å². The van der Waals surface area contributed by atoms with Crippen molar-refractivity contribution in [1.82, 2.24) is 0 Å². The molecule has 0 unspecified atom stereocenters. The predicted octanol–water partition coefficient (Wildman–Crippen LogP) is 8.47. The molecule has 0 radical (unpaired) electrons. The second-order valence-electron chi connectivity index (χ2n) is 13.7. The number of rotatable bonds is 26. The van der Waals surface area contributed by atoms with Crippen molar-refractivity contribution in [3.63, 3.8) is 0 Å². The van der Waals surface area contributed by atoms with E-state index in [4.69, 9.17) is 41.7 Å². The van der Waals surface area contributed by atoms with Crippen LogP contribution in [-0.4, -0.2) is 59.0 Å². The van der Waals surface area contributed by atoms with Crippen molar-refractivity contribution in [2.75, 3.05) is 52.9 Å². The molecule has 6 rings (SSSR count). The van der Waals surface area contributed by atoms with Crippen molar-refractivity contribution in [3.8, 4) is 17.2 Å². The average Bonchev–Trinajstić information content (AvgIpc) is 3.21. The zero-order valence-corrected chi connectivity index (χ0v) is 32.2. The van der Waals surface area contributed by atoms with Gasteiger partial charge in [0, 0.05) is 72.4 Å². The summed E-state index contributed by atoms with van der Waals surface area (Å²) in [5, 5.41) is 2.56. The fourth-order valence-electron chi connectivity index (χ4n) is 6.13. The summed E-state index contributed by atoms with van der Waals surface area (Å²) in [4.78, 5) is 34.6. The van der Waals surface area contributed by atoms with Crippen LogP contribution >= 0.6 is 0 Å². The first-order chi connectivity index (χ1) is 28.0. The van der Waals surface area contributed by atoms with Crippen molar-refractivity contribution in [2.45, 2.75) is 63.9 Å². The highest BCUT2D eigenvalue weighted by Gasteiger charge is 2.11. The molecule has 6 aromatic rings. The minimum Gasteiger partial charge on any atom is -0.493 e. The van der Waals surface area contributed by atoms with Gasteiger partial charge in [-0.1, -0.05) is 0 Å². The van der Waals surface area contributed by atoms with Gasteiger partial charge in [-0.25, -0.2) is 14.4 Å². The lowest BCUT2D eigenvalue weighted by molar-refractivity contribution is -0.0617. The van der Waals surface area contributed by atoms with Crippen LogP contribution in [0.5, 0.6) is 17.2 Å². The molecule has 0 fully saturated rings. The minimum atomic E-state index is -0.383. The molecular formula is C45H50O12. The first-order valence-corrected chi connectivity index (χ1v) is 19.8. The zero-order valence-electron chi connectivity index (χ0n) is 32.2. The van der Waals surface area contributed by atoms with Crippen molar-refractivity contribution in [3.05, 3.63) is 122 Å². The minimum absolute atomic E-state index is 0.180. The summed E-state index contributed by atoms with van der Waals surface area (Å²) in [6.45, 7) is 4.36. The molecule has 3 heterocycles. The molecule has 0 atom stereocenters. The van der Waals surface area contributed by atoms with Crippen molar-refractivity contribution in [1.29, 1.82) is 0 Å². The fraction of sp³-hybridized carbons (Fsp3) is 0.400. The topological polar surface area (TPSA) is 146 Å². The van der Waals surface area contributed by atoms with E-state index in [1.807, 2.05) is 36.4 Å². The Kier molecular flexibility index (Phi) is 16.2. The smallest absolute Gasteiger partial charge is 0.336 e. The van der Waals surface area contributed by atoms with Gasteiger partial charge in [0.05, 0.1) is 33.0 Å². The van der Waals surface area contributed by atoms with Crippen LogP contribution < -0.4 is 31.1 Å². The van der Waals surface area contributed by atoms with Gasteiger partial charge in [0.15, 0.2) is 0 Å². The maximum absolute atomic E-state index is 11.5. The first kappa shape index (κ1) is 41.2. The second kappa shape index (κ2) is 22.3. The van der Waals surface area contributed by atoms with Crippen molar-refractivity contribution < 1.29 is 41.7 Å². The van der Waals surface area contributed by atoms with Crippen molar-refractivity contribution >= 4 is 32.9 Å². The molecule has 12 nitrogen and oxygen atoms in total. The molecule has 0 saturated carbocycles. The summed E-state index contributed by atoms with van der Waals surface area (Å²) in [5.41, 5.74) is 0.394. The molecule has 0 aliphatic carbocycles. The third-order valence-corrected chi connectivity index (χ3v) is 9.21. The number of benzene rings is 3. The Balaban J connectivity index is 0.845. The van der Waals surface area contributed by atoms with Crippen LogP contribution in [0, 0.1) is 0 Å². The normalized spacial score (nSPS) is 11.5. The lowest BCUT2D eigenvalue weighted by Crippen LogP contribution is -2.27. The molecule has 12 heteroatoms. The van der Waals surface area contributed by atoms with Gasteiger partial charge in [0.2, 0.25) is 0 Å². The van der Waals surface area contributed by atoms with Crippen LogP contribution in [0.15, 0.2) is 119 Å². The lowest BCUT2D eigenvalue weighted by Gasteiger charge is -2.18. The monoisotopic (exact) mass is 782 g/mol. The van der Waals surface area contributed by atoms with E-state index in [0.29, 0.717) is 86.9 Å². The zero-order chi connectivity index (χ0) is 39.5. The van der Waals surface area contributed by atoms with Gasteiger partial charge in [0.25, 0.3) is 0 Å². The Hall–Kier alpha value is -5.43. The van der Waals surface area contributed by atoms with Crippen molar-refractivity contribution in [2.24, 2.45) is 0 Å². The summed E-state index contributed by atoms with van der Waals surface area (Å²) in [7, 11) is 0. The Morgan fingerprint density at radius 1 is 0.386 bits per heavy atom. The third-order valence-electron chi connectivity index (χ3n) is 9.21. The number of fused-ring (bicyclic) bond motifs is 3. The molecule has 57 heavy (non-hydrogen) atoms. The molecule has 0 amide bonds. The Bertz CT molecular complexity index is 2200. The highest BCUT2D eigenvalue weighted by molar-refractivity contribution is 5.79. The molecular weight excluding hydrogens is 732 g/mol. The quantitative estimate of drug-likeness (QED) is 0.0384. The number of hydrogen-bond donors (Lipinski definition) is 0. The molecule has 3 aromatic heterocycles. The Labute approximate surface area is 330 Å². The summed E-state index contributed by atoms with van der Waals surface area (Å²) in [6.07, 6.45) is 7.90. The van der Waals surface area contributed by atoms with Gasteiger partial charge >= 0.3 is 16.9 Å². The highest BCUT2D eigenvalue weighted by atomic mass is 16.6.